The van der Waals surface area contributed by atoms with E-state index in [4.69, 9.17) is 11.6 Å². The molecule has 0 saturated heterocycles. The van der Waals surface area contributed by atoms with Gasteiger partial charge in [0.1, 0.15) is 0 Å². The molecule has 0 radical (unpaired) electrons. The molecule has 1 heterocycles. The van der Waals surface area contributed by atoms with E-state index < -0.39 is 0 Å². The minimum Gasteiger partial charge on any atom is -0.308 e. The van der Waals surface area contributed by atoms with Gasteiger partial charge in [-0.1, -0.05) is 30.7 Å². The van der Waals surface area contributed by atoms with Gasteiger partial charge in [0.15, 0.2) is 5.82 Å². The lowest BCUT2D eigenvalue weighted by atomic mass is 10.1. The Morgan fingerprint density at radius 1 is 1.37 bits per heavy atom. The minimum absolute atomic E-state index is 0.0461. The van der Waals surface area contributed by atoms with Gasteiger partial charge >= 0.3 is 0 Å². The van der Waals surface area contributed by atoms with E-state index in [1.807, 2.05) is 28.9 Å². The van der Waals surface area contributed by atoms with Gasteiger partial charge in [-0.2, -0.15) is 0 Å². The standard InChI is InChI=1S/C13H18ClN5/c1-4-15-9(2)13-16-17-18-19(13)10(3)11-6-5-7-12(14)8-11/h5-10,15H,4H2,1-3H3. The average molecular weight is 280 g/mol. The Hall–Kier alpha value is -1.46. The number of hydrogen-bond donors (Lipinski definition) is 1. The van der Waals surface area contributed by atoms with Gasteiger partial charge in [-0.25, -0.2) is 4.68 Å². The van der Waals surface area contributed by atoms with Crippen molar-refractivity contribution in [1.29, 1.82) is 0 Å². The number of hydrogen-bond acceptors (Lipinski definition) is 4. The van der Waals surface area contributed by atoms with Crippen LogP contribution in [-0.2, 0) is 0 Å². The van der Waals surface area contributed by atoms with Crippen molar-refractivity contribution in [2.75, 3.05) is 6.54 Å². The predicted molar refractivity (Wildman–Crippen MR) is 75.2 cm³/mol. The number of halogens is 1. The molecule has 0 bridgehead atoms. The van der Waals surface area contributed by atoms with Gasteiger partial charge in [0.25, 0.3) is 0 Å². The van der Waals surface area contributed by atoms with Gasteiger partial charge in [0.2, 0.25) is 0 Å². The molecule has 2 rings (SSSR count). The summed E-state index contributed by atoms with van der Waals surface area (Å²) < 4.78 is 1.83. The first-order valence-electron chi connectivity index (χ1n) is 6.40. The fourth-order valence-electron chi connectivity index (χ4n) is 2.07. The Morgan fingerprint density at radius 3 is 2.84 bits per heavy atom. The van der Waals surface area contributed by atoms with E-state index in [0.717, 1.165) is 23.0 Å². The lowest BCUT2D eigenvalue weighted by Crippen LogP contribution is -2.23. The van der Waals surface area contributed by atoms with Crippen LogP contribution >= 0.6 is 11.6 Å². The zero-order valence-electron chi connectivity index (χ0n) is 11.3. The topological polar surface area (TPSA) is 55.6 Å². The first-order chi connectivity index (χ1) is 9.13. The summed E-state index contributed by atoms with van der Waals surface area (Å²) in [4.78, 5) is 0. The zero-order chi connectivity index (χ0) is 13.8. The van der Waals surface area contributed by atoms with Gasteiger partial charge in [-0.3, -0.25) is 0 Å². The van der Waals surface area contributed by atoms with Crippen molar-refractivity contribution < 1.29 is 0 Å². The number of tetrazole rings is 1. The van der Waals surface area contributed by atoms with Crippen LogP contribution in [-0.4, -0.2) is 26.8 Å². The maximum Gasteiger partial charge on any atom is 0.168 e. The van der Waals surface area contributed by atoms with Crippen LogP contribution in [0.4, 0.5) is 0 Å². The quantitative estimate of drug-likeness (QED) is 0.914. The van der Waals surface area contributed by atoms with E-state index in [1.54, 1.807) is 0 Å². The first kappa shape index (κ1) is 14.0. The van der Waals surface area contributed by atoms with Crippen molar-refractivity contribution in [2.24, 2.45) is 0 Å². The summed E-state index contributed by atoms with van der Waals surface area (Å²) in [7, 11) is 0. The third kappa shape index (κ3) is 3.11. The number of benzene rings is 1. The van der Waals surface area contributed by atoms with Crippen LogP contribution in [0.25, 0.3) is 0 Å². The van der Waals surface area contributed by atoms with Crippen molar-refractivity contribution in [3.63, 3.8) is 0 Å². The minimum atomic E-state index is 0.0461. The van der Waals surface area contributed by atoms with Gasteiger partial charge < -0.3 is 5.32 Å². The molecule has 0 spiro atoms. The normalized spacial score (nSPS) is 14.3. The van der Waals surface area contributed by atoms with E-state index in [1.165, 1.54) is 0 Å². The summed E-state index contributed by atoms with van der Waals surface area (Å²) in [5.41, 5.74) is 1.09. The van der Waals surface area contributed by atoms with Crippen molar-refractivity contribution in [1.82, 2.24) is 25.5 Å². The third-order valence-corrected chi connectivity index (χ3v) is 3.35. The average Bonchev–Trinajstić information content (AvgIpc) is 2.87. The smallest absolute Gasteiger partial charge is 0.168 e. The molecular formula is C13H18ClN5. The second-order valence-corrected chi connectivity index (χ2v) is 4.93. The van der Waals surface area contributed by atoms with Gasteiger partial charge in [-0.05, 0) is 48.5 Å². The summed E-state index contributed by atoms with van der Waals surface area (Å²) >= 11 is 6.03. The molecule has 0 aliphatic rings. The maximum atomic E-state index is 6.03. The summed E-state index contributed by atoms with van der Waals surface area (Å²) in [5.74, 6) is 0.828. The van der Waals surface area contributed by atoms with E-state index in [9.17, 15) is 0 Å². The molecular weight excluding hydrogens is 262 g/mol. The molecule has 19 heavy (non-hydrogen) atoms. The monoisotopic (exact) mass is 279 g/mol. The van der Waals surface area contributed by atoms with E-state index in [-0.39, 0.29) is 12.1 Å². The van der Waals surface area contributed by atoms with Crippen LogP contribution in [0.5, 0.6) is 0 Å². The highest BCUT2D eigenvalue weighted by Gasteiger charge is 2.18. The largest absolute Gasteiger partial charge is 0.308 e. The van der Waals surface area contributed by atoms with Crippen LogP contribution < -0.4 is 5.32 Å². The zero-order valence-corrected chi connectivity index (χ0v) is 12.1. The molecule has 5 nitrogen and oxygen atoms in total. The molecule has 1 N–H and O–H groups in total. The molecule has 2 aromatic rings. The molecule has 2 unspecified atom stereocenters. The summed E-state index contributed by atoms with van der Waals surface area (Å²) in [6.07, 6.45) is 0. The molecule has 0 amide bonds. The van der Waals surface area contributed by atoms with Gasteiger partial charge in [0, 0.05) is 5.02 Å². The summed E-state index contributed by atoms with van der Waals surface area (Å²) in [6, 6.07) is 7.92. The summed E-state index contributed by atoms with van der Waals surface area (Å²) in [6.45, 7) is 7.05. The Balaban J connectivity index is 2.29. The highest BCUT2D eigenvalue weighted by atomic mass is 35.5. The highest BCUT2D eigenvalue weighted by Crippen LogP contribution is 2.22. The number of rotatable bonds is 5. The van der Waals surface area contributed by atoms with Crippen LogP contribution in [0.2, 0.25) is 5.02 Å². The molecule has 0 aliphatic carbocycles. The fraction of sp³-hybridized carbons (Fsp3) is 0.462. The molecule has 1 aromatic carbocycles. The Bertz CT molecular complexity index is 539. The molecule has 0 fully saturated rings. The van der Waals surface area contributed by atoms with Crippen molar-refractivity contribution in [2.45, 2.75) is 32.9 Å². The molecule has 102 valence electrons. The number of nitrogens with one attached hydrogen (secondary N) is 1. The van der Waals surface area contributed by atoms with Crippen molar-refractivity contribution >= 4 is 11.6 Å². The predicted octanol–water partition coefficient (Wildman–Crippen LogP) is 2.61. The molecule has 2 atom stereocenters. The second kappa shape index (κ2) is 6.12. The Labute approximate surface area is 118 Å². The molecule has 0 aliphatic heterocycles. The van der Waals surface area contributed by atoms with E-state index in [2.05, 4.69) is 41.6 Å². The molecule has 6 heteroatoms. The fourth-order valence-corrected chi connectivity index (χ4v) is 2.27. The molecule has 1 aromatic heterocycles. The Kier molecular flexibility index (Phi) is 4.50. The van der Waals surface area contributed by atoms with E-state index in [0.29, 0.717) is 0 Å². The van der Waals surface area contributed by atoms with Gasteiger partial charge in [0.05, 0.1) is 12.1 Å². The third-order valence-electron chi connectivity index (χ3n) is 3.11. The second-order valence-electron chi connectivity index (χ2n) is 4.49. The van der Waals surface area contributed by atoms with E-state index >= 15 is 0 Å². The SMILES string of the molecule is CCNC(C)c1nnnn1C(C)c1cccc(Cl)c1. The van der Waals surface area contributed by atoms with Crippen molar-refractivity contribution in [3.8, 4) is 0 Å². The van der Waals surface area contributed by atoms with Crippen LogP contribution in [0, 0.1) is 0 Å². The van der Waals surface area contributed by atoms with Crippen molar-refractivity contribution in [3.05, 3.63) is 40.7 Å². The first-order valence-corrected chi connectivity index (χ1v) is 6.78. The number of aromatic nitrogens is 4. The summed E-state index contributed by atoms with van der Waals surface area (Å²) in [5, 5.41) is 16.0. The van der Waals surface area contributed by atoms with Crippen LogP contribution in [0.3, 0.4) is 0 Å². The van der Waals surface area contributed by atoms with Gasteiger partial charge in [-0.15, -0.1) is 5.10 Å². The van der Waals surface area contributed by atoms with Crippen LogP contribution in [0.15, 0.2) is 24.3 Å². The molecule has 0 saturated carbocycles. The maximum absolute atomic E-state index is 6.03. The Morgan fingerprint density at radius 2 is 2.16 bits per heavy atom. The highest BCUT2D eigenvalue weighted by molar-refractivity contribution is 6.30. The lowest BCUT2D eigenvalue weighted by molar-refractivity contribution is 0.471. The van der Waals surface area contributed by atoms with Crippen LogP contribution in [0.1, 0.15) is 44.2 Å². The number of nitrogens with zero attached hydrogens (tertiary/aromatic N) is 4. The lowest BCUT2D eigenvalue weighted by Gasteiger charge is -2.17.